The molecule has 3 rings (SSSR count). The molecule has 0 saturated heterocycles. The Labute approximate surface area is 116 Å². The van der Waals surface area contributed by atoms with E-state index in [0.717, 1.165) is 18.7 Å². The molecule has 1 aliphatic carbocycles. The van der Waals surface area contributed by atoms with Crippen molar-refractivity contribution in [3.05, 3.63) is 36.2 Å². The van der Waals surface area contributed by atoms with Crippen LogP contribution in [0.15, 0.2) is 30.3 Å². The molecular weight excluding hydrogens is 256 g/mol. The van der Waals surface area contributed by atoms with Gasteiger partial charge >= 0.3 is 0 Å². The summed E-state index contributed by atoms with van der Waals surface area (Å²) < 4.78 is 11.0. The maximum Gasteiger partial charge on any atom is 0.224 e. The quantitative estimate of drug-likeness (QED) is 0.642. The number of aromatic nitrogens is 2. The van der Waals surface area contributed by atoms with Gasteiger partial charge < -0.3 is 14.9 Å². The van der Waals surface area contributed by atoms with Crippen molar-refractivity contribution in [3.8, 4) is 17.4 Å². The first kappa shape index (κ1) is 12.7. The lowest BCUT2D eigenvalue weighted by atomic mass is 10.3. The molecule has 0 bridgehead atoms. The molecule has 1 aromatic carbocycles. The second-order valence-electron chi connectivity index (χ2n) is 4.62. The highest BCUT2D eigenvalue weighted by Gasteiger charge is 2.27. The first-order valence-electron chi connectivity index (χ1n) is 6.46. The summed E-state index contributed by atoms with van der Waals surface area (Å²) in [4.78, 5) is 8.77. The molecule has 1 saturated carbocycles. The van der Waals surface area contributed by atoms with Gasteiger partial charge in [-0.25, -0.2) is 10.8 Å². The zero-order valence-electron chi connectivity index (χ0n) is 11.2. The highest BCUT2D eigenvalue weighted by Crippen LogP contribution is 2.39. The highest BCUT2D eigenvalue weighted by molar-refractivity contribution is 5.44. The van der Waals surface area contributed by atoms with Gasteiger partial charge in [0.15, 0.2) is 11.5 Å². The molecule has 2 aromatic rings. The van der Waals surface area contributed by atoms with Crippen LogP contribution in [0.3, 0.4) is 0 Å². The first-order valence-corrected chi connectivity index (χ1v) is 6.46. The summed E-state index contributed by atoms with van der Waals surface area (Å²) in [6.45, 7) is 0. The molecule has 0 atom stereocenters. The molecule has 0 unspecified atom stereocenters. The van der Waals surface area contributed by atoms with Crippen molar-refractivity contribution >= 4 is 5.82 Å². The molecule has 1 heterocycles. The van der Waals surface area contributed by atoms with E-state index in [1.54, 1.807) is 13.2 Å². The second kappa shape index (κ2) is 5.34. The van der Waals surface area contributed by atoms with Crippen LogP contribution >= 0.6 is 0 Å². The highest BCUT2D eigenvalue weighted by atomic mass is 16.5. The molecule has 104 valence electrons. The number of rotatable bonds is 5. The molecule has 1 aliphatic rings. The van der Waals surface area contributed by atoms with Gasteiger partial charge in [0, 0.05) is 12.0 Å². The van der Waals surface area contributed by atoms with E-state index in [-0.39, 0.29) is 0 Å². The van der Waals surface area contributed by atoms with E-state index < -0.39 is 0 Å². The predicted molar refractivity (Wildman–Crippen MR) is 74.9 cm³/mol. The number of anilines is 1. The van der Waals surface area contributed by atoms with E-state index in [9.17, 15) is 0 Å². The van der Waals surface area contributed by atoms with Crippen molar-refractivity contribution in [2.24, 2.45) is 5.84 Å². The Balaban J connectivity index is 1.91. The number of hydrogen-bond acceptors (Lipinski definition) is 6. The number of hydrogen-bond donors (Lipinski definition) is 2. The van der Waals surface area contributed by atoms with Gasteiger partial charge in [-0.3, -0.25) is 0 Å². The zero-order valence-corrected chi connectivity index (χ0v) is 11.2. The van der Waals surface area contributed by atoms with Gasteiger partial charge in [-0.15, -0.1) is 0 Å². The average Bonchev–Trinajstić information content (AvgIpc) is 3.32. The van der Waals surface area contributed by atoms with Crippen molar-refractivity contribution in [2.75, 3.05) is 12.5 Å². The van der Waals surface area contributed by atoms with E-state index in [1.165, 1.54) is 0 Å². The van der Waals surface area contributed by atoms with Gasteiger partial charge in [-0.05, 0) is 25.0 Å². The normalized spacial score (nSPS) is 13.9. The van der Waals surface area contributed by atoms with Gasteiger partial charge in [0.2, 0.25) is 5.88 Å². The number of nitrogens with zero attached hydrogens (tertiary/aromatic N) is 2. The lowest BCUT2D eigenvalue weighted by Crippen LogP contribution is -2.10. The molecule has 3 N–H and O–H groups in total. The summed E-state index contributed by atoms with van der Waals surface area (Å²) in [6, 6.07) is 9.09. The molecule has 6 heteroatoms. The molecule has 6 nitrogen and oxygen atoms in total. The molecule has 0 spiro atoms. The molecule has 0 radical (unpaired) electrons. The van der Waals surface area contributed by atoms with Crippen molar-refractivity contribution in [1.82, 2.24) is 9.97 Å². The minimum atomic E-state index is 0.420. The van der Waals surface area contributed by atoms with Crippen LogP contribution in [0.25, 0.3) is 0 Å². The van der Waals surface area contributed by atoms with E-state index >= 15 is 0 Å². The average molecular weight is 272 g/mol. The van der Waals surface area contributed by atoms with Crippen LogP contribution in [0.4, 0.5) is 5.82 Å². The number of ether oxygens (including phenoxy) is 2. The number of para-hydroxylation sites is 2. The standard InChI is InChI=1S/C14H16N4O2/c1-19-10-4-2-3-5-11(10)20-13-8-12(18-15)16-14(17-13)9-6-7-9/h2-5,8-9H,6-7,15H2,1H3,(H,16,17,18). The van der Waals surface area contributed by atoms with Gasteiger partial charge in [0.1, 0.15) is 11.6 Å². The van der Waals surface area contributed by atoms with Crippen LogP contribution in [0.2, 0.25) is 0 Å². The third-order valence-corrected chi connectivity index (χ3v) is 3.09. The van der Waals surface area contributed by atoms with Crippen molar-refractivity contribution in [3.63, 3.8) is 0 Å². The minimum absolute atomic E-state index is 0.420. The third kappa shape index (κ3) is 2.65. The van der Waals surface area contributed by atoms with Crippen molar-refractivity contribution in [1.29, 1.82) is 0 Å². The molecule has 1 fully saturated rings. The monoisotopic (exact) mass is 272 g/mol. The molecule has 1 aromatic heterocycles. The maximum absolute atomic E-state index is 5.79. The Morgan fingerprint density at radius 1 is 1.20 bits per heavy atom. The zero-order chi connectivity index (χ0) is 13.9. The Hall–Kier alpha value is -2.34. The van der Waals surface area contributed by atoms with E-state index in [1.807, 2.05) is 24.3 Å². The van der Waals surface area contributed by atoms with E-state index in [2.05, 4.69) is 15.4 Å². The number of benzene rings is 1. The fraction of sp³-hybridized carbons (Fsp3) is 0.286. The number of nitrogen functional groups attached to an aromatic ring is 1. The largest absolute Gasteiger partial charge is 0.493 e. The fourth-order valence-electron chi connectivity index (χ4n) is 1.91. The summed E-state index contributed by atoms with van der Waals surface area (Å²) in [5.41, 5.74) is 2.54. The van der Waals surface area contributed by atoms with Gasteiger partial charge in [-0.1, -0.05) is 12.1 Å². The summed E-state index contributed by atoms with van der Waals surface area (Å²) in [5.74, 6) is 8.90. The smallest absolute Gasteiger partial charge is 0.224 e. The summed E-state index contributed by atoms with van der Waals surface area (Å²) in [5, 5.41) is 0. The summed E-state index contributed by atoms with van der Waals surface area (Å²) in [7, 11) is 1.60. The predicted octanol–water partition coefficient (Wildman–Crippen LogP) is 2.44. The Morgan fingerprint density at radius 2 is 1.95 bits per heavy atom. The van der Waals surface area contributed by atoms with Crippen LogP contribution < -0.4 is 20.7 Å². The van der Waals surface area contributed by atoms with Crippen molar-refractivity contribution < 1.29 is 9.47 Å². The van der Waals surface area contributed by atoms with Crippen LogP contribution in [0.1, 0.15) is 24.6 Å². The number of nitrogens with two attached hydrogens (primary N) is 1. The van der Waals surface area contributed by atoms with Gasteiger partial charge in [0.05, 0.1) is 7.11 Å². The Bertz CT molecular complexity index is 614. The SMILES string of the molecule is COc1ccccc1Oc1cc(NN)nc(C2CC2)n1. The molecular formula is C14H16N4O2. The number of hydrazine groups is 1. The molecule has 0 amide bonds. The lowest BCUT2D eigenvalue weighted by molar-refractivity contribution is 0.373. The summed E-state index contributed by atoms with van der Waals surface area (Å²) in [6.07, 6.45) is 2.23. The van der Waals surface area contributed by atoms with Crippen LogP contribution in [0.5, 0.6) is 17.4 Å². The van der Waals surface area contributed by atoms with Crippen molar-refractivity contribution in [2.45, 2.75) is 18.8 Å². The first-order chi connectivity index (χ1) is 9.80. The van der Waals surface area contributed by atoms with Crippen LogP contribution in [-0.4, -0.2) is 17.1 Å². The van der Waals surface area contributed by atoms with Gasteiger partial charge in [0.25, 0.3) is 0 Å². The molecule has 20 heavy (non-hydrogen) atoms. The van der Waals surface area contributed by atoms with E-state index in [0.29, 0.717) is 29.1 Å². The Morgan fingerprint density at radius 3 is 2.60 bits per heavy atom. The number of methoxy groups -OCH3 is 1. The van der Waals surface area contributed by atoms with Crippen LogP contribution in [0, 0.1) is 0 Å². The minimum Gasteiger partial charge on any atom is -0.493 e. The van der Waals surface area contributed by atoms with Gasteiger partial charge in [-0.2, -0.15) is 4.98 Å². The fourth-order valence-corrected chi connectivity index (χ4v) is 1.91. The number of nitrogens with one attached hydrogen (secondary N) is 1. The van der Waals surface area contributed by atoms with E-state index in [4.69, 9.17) is 15.3 Å². The maximum atomic E-state index is 5.79. The molecule has 0 aliphatic heterocycles. The third-order valence-electron chi connectivity index (χ3n) is 3.09. The topological polar surface area (TPSA) is 82.3 Å². The summed E-state index contributed by atoms with van der Waals surface area (Å²) >= 11 is 0. The second-order valence-corrected chi connectivity index (χ2v) is 4.62. The van der Waals surface area contributed by atoms with Crippen LogP contribution in [-0.2, 0) is 0 Å². The lowest BCUT2D eigenvalue weighted by Gasteiger charge is -2.11. The Kier molecular flexibility index (Phi) is 3.39.